The van der Waals surface area contributed by atoms with Crippen LogP contribution in [-0.2, 0) is 28.6 Å². The number of carbonyl (C=O) groups is 3. The van der Waals surface area contributed by atoms with Gasteiger partial charge in [-0.1, -0.05) is 195 Å². The van der Waals surface area contributed by atoms with Crippen LogP contribution in [0, 0.1) is 0 Å². The summed E-state index contributed by atoms with van der Waals surface area (Å²) in [5, 5.41) is 0. The first-order valence-electron chi connectivity index (χ1n) is 25.3. The molecule has 0 saturated carbocycles. The van der Waals surface area contributed by atoms with Gasteiger partial charge in [0.2, 0.25) is 0 Å². The van der Waals surface area contributed by atoms with Gasteiger partial charge in [-0.3, -0.25) is 14.4 Å². The van der Waals surface area contributed by atoms with Crippen LogP contribution in [0.1, 0.15) is 220 Å². The molecule has 0 aromatic heterocycles. The second-order valence-electron chi connectivity index (χ2n) is 16.4. The molecular weight excluding hydrogens is 769 g/mol. The van der Waals surface area contributed by atoms with Crippen LogP contribution in [0.25, 0.3) is 0 Å². The van der Waals surface area contributed by atoms with Crippen molar-refractivity contribution in [3.8, 4) is 0 Å². The van der Waals surface area contributed by atoms with E-state index in [9.17, 15) is 14.4 Å². The summed E-state index contributed by atoms with van der Waals surface area (Å²) in [6.45, 7) is 6.37. The Morgan fingerprint density at radius 2 is 0.710 bits per heavy atom. The highest BCUT2D eigenvalue weighted by Crippen LogP contribution is 2.12. The number of ether oxygens (including phenoxy) is 3. The highest BCUT2D eigenvalue weighted by Gasteiger charge is 2.19. The van der Waals surface area contributed by atoms with Gasteiger partial charge >= 0.3 is 17.9 Å². The lowest BCUT2D eigenvalue weighted by Gasteiger charge is -2.18. The third-order valence-electron chi connectivity index (χ3n) is 10.3. The van der Waals surface area contributed by atoms with Crippen LogP contribution >= 0.6 is 0 Å². The number of unbranched alkanes of at least 4 members (excludes halogenated alkanes) is 18. The molecule has 1 atom stereocenters. The highest BCUT2D eigenvalue weighted by atomic mass is 16.6. The molecule has 0 aliphatic carbocycles. The number of allylic oxidation sites excluding steroid dienone is 16. The molecule has 0 heterocycles. The van der Waals surface area contributed by atoms with E-state index in [1.165, 1.54) is 70.6 Å². The van der Waals surface area contributed by atoms with E-state index in [2.05, 4.69) is 118 Å². The summed E-state index contributed by atoms with van der Waals surface area (Å²) in [5.41, 5.74) is 0. The number of esters is 3. The summed E-state index contributed by atoms with van der Waals surface area (Å²) in [4.78, 5) is 37.9. The molecule has 6 nitrogen and oxygen atoms in total. The zero-order valence-corrected chi connectivity index (χ0v) is 40.1. The lowest BCUT2D eigenvalue weighted by Crippen LogP contribution is -2.30. The van der Waals surface area contributed by atoms with Crippen molar-refractivity contribution in [2.24, 2.45) is 0 Å². The van der Waals surface area contributed by atoms with E-state index in [0.717, 1.165) is 103 Å². The summed E-state index contributed by atoms with van der Waals surface area (Å²) >= 11 is 0. The van der Waals surface area contributed by atoms with Gasteiger partial charge in [-0.2, -0.15) is 0 Å². The van der Waals surface area contributed by atoms with Gasteiger partial charge in [0.05, 0.1) is 0 Å². The predicted octanol–water partition coefficient (Wildman–Crippen LogP) is 16.6. The highest BCUT2D eigenvalue weighted by molar-refractivity contribution is 5.71. The Balaban J connectivity index is 4.51. The summed E-state index contributed by atoms with van der Waals surface area (Å²) in [6, 6.07) is 0. The van der Waals surface area contributed by atoms with Gasteiger partial charge in [-0.15, -0.1) is 0 Å². The van der Waals surface area contributed by atoms with E-state index in [4.69, 9.17) is 14.2 Å². The van der Waals surface area contributed by atoms with Gasteiger partial charge in [0.25, 0.3) is 0 Å². The molecule has 0 aromatic carbocycles. The first-order valence-corrected chi connectivity index (χ1v) is 25.3. The van der Waals surface area contributed by atoms with E-state index < -0.39 is 6.10 Å². The van der Waals surface area contributed by atoms with Crippen LogP contribution in [0.5, 0.6) is 0 Å². The number of hydrogen-bond acceptors (Lipinski definition) is 6. The number of hydrogen-bond donors (Lipinski definition) is 0. The predicted molar refractivity (Wildman–Crippen MR) is 265 cm³/mol. The first-order chi connectivity index (χ1) is 30.5. The summed E-state index contributed by atoms with van der Waals surface area (Å²) in [5.74, 6) is -1.01. The second kappa shape index (κ2) is 50.0. The van der Waals surface area contributed by atoms with E-state index in [1.807, 2.05) is 0 Å². The molecule has 0 radical (unpaired) electrons. The Labute approximate surface area is 381 Å². The summed E-state index contributed by atoms with van der Waals surface area (Å²) < 4.78 is 16.7. The van der Waals surface area contributed by atoms with Gasteiger partial charge in [0, 0.05) is 19.3 Å². The summed E-state index contributed by atoms with van der Waals surface area (Å²) in [6.07, 6.45) is 65.4. The Morgan fingerprint density at radius 1 is 0.355 bits per heavy atom. The van der Waals surface area contributed by atoms with E-state index in [0.29, 0.717) is 19.3 Å². The molecular formula is C56H92O6. The molecule has 0 saturated heterocycles. The Morgan fingerprint density at radius 3 is 1.21 bits per heavy atom. The van der Waals surface area contributed by atoms with Gasteiger partial charge in [-0.05, 0) is 103 Å². The fourth-order valence-electron chi connectivity index (χ4n) is 6.51. The van der Waals surface area contributed by atoms with Crippen LogP contribution in [0.3, 0.4) is 0 Å². The smallest absolute Gasteiger partial charge is 0.306 e. The zero-order chi connectivity index (χ0) is 45.1. The molecule has 0 aromatic rings. The quantitative estimate of drug-likeness (QED) is 0.0200. The fourth-order valence-corrected chi connectivity index (χ4v) is 6.51. The second-order valence-corrected chi connectivity index (χ2v) is 16.4. The molecule has 0 aliphatic heterocycles. The van der Waals surface area contributed by atoms with Gasteiger partial charge in [-0.25, -0.2) is 0 Å². The van der Waals surface area contributed by atoms with Crippen molar-refractivity contribution in [1.82, 2.24) is 0 Å². The lowest BCUT2D eigenvalue weighted by molar-refractivity contribution is -0.167. The molecule has 0 spiro atoms. The van der Waals surface area contributed by atoms with E-state index >= 15 is 0 Å². The normalized spacial score (nSPS) is 12.9. The first kappa shape index (κ1) is 58.3. The van der Waals surface area contributed by atoms with Crippen LogP contribution in [0.2, 0.25) is 0 Å². The topological polar surface area (TPSA) is 78.9 Å². The Bertz CT molecular complexity index is 1260. The van der Waals surface area contributed by atoms with Crippen LogP contribution in [-0.4, -0.2) is 37.2 Å². The Kier molecular flexibility index (Phi) is 47.0. The van der Waals surface area contributed by atoms with Crippen molar-refractivity contribution in [2.75, 3.05) is 13.2 Å². The molecule has 0 aliphatic rings. The average molecular weight is 861 g/mol. The molecule has 0 fully saturated rings. The SMILES string of the molecule is CC/C=C\C/C=C\C/C=C\CCCCCCCCC(=O)OC(COC(=O)CCC/C=C\C/C=C\C/C=C\CCCCCCCC)COC(=O)CCCCC/C=C\C=C/CCCC. The minimum absolute atomic E-state index is 0.114. The van der Waals surface area contributed by atoms with Crippen molar-refractivity contribution in [2.45, 2.75) is 226 Å². The monoisotopic (exact) mass is 861 g/mol. The minimum atomic E-state index is -0.815. The third-order valence-corrected chi connectivity index (χ3v) is 10.3. The van der Waals surface area contributed by atoms with Crippen molar-refractivity contribution in [3.63, 3.8) is 0 Å². The Hall–Kier alpha value is -3.67. The molecule has 0 rings (SSSR count). The largest absolute Gasteiger partial charge is 0.462 e. The van der Waals surface area contributed by atoms with Gasteiger partial charge < -0.3 is 14.2 Å². The van der Waals surface area contributed by atoms with Crippen molar-refractivity contribution < 1.29 is 28.6 Å². The van der Waals surface area contributed by atoms with Crippen molar-refractivity contribution in [1.29, 1.82) is 0 Å². The van der Waals surface area contributed by atoms with Crippen LogP contribution in [0.4, 0.5) is 0 Å². The van der Waals surface area contributed by atoms with Gasteiger partial charge in [0.15, 0.2) is 6.10 Å². The maximum absolute atomic E-state index is 12.8. The maximum Gasteiger partial charge on any atom is 0.306 e. The molecule has 352 valence electrons. The van der Waals surface area contributed by atoms with E-state index in [1.54, 1.807) is 0 Å². The minimum Gasteiger partial charge on any atom is -0.462 e. The fraction of sp³-hybridized carbons (Fsp3) is 0.661. The molecule has 0 amide bonds. The molecule has 6 heteroatoms. The summed E-state index contributed by atoms with van der Waals surface area (Å²) in [7, 11) is 0. The van der Waals surface area contributed by atoms with Crippen molar-refractivity contribution >= 4 is 17.9 Å². The number of carbonyl (C=O) groups excluding carboxylic acids is 3. The van der Waals surface area contributed by atoms with Crippen LogP contribution in [0.15, 0.2) is 97.2 Å². The van der Waals surface area contributed by atoms with E-state index in [-0.39, 0.29) is 37.5 Å². The lowest BCUT2D eigenvalue weighted by atomic mass is 10.1. The van der Waals surface area contributed by atoms with Crippen LogP contribution < -0.4 is 0 Å². The van der Waals surface area contributed by atoms with Crippen molar-refractivity contribution in [3.05, 3.63) is 97.2 Å². The third kappa shape index (κ3) is 47.4. The average Bonchev–Trinajstić information content (AvgIpc) is 3.27. The maximum atomic E-state index is 12.8. The molecule has 0 N–H and O–H groups in total. The standard InChI is InChI=1S/C56H92O6/c1-4-7-10-13-16-19-22-24-26-28-30-31-34-37-40-43-46-49-55(58)61-52-53(51-60-54(57)48-45-42-39-36-33-21-18-15-12-9-6-3)62-56(59)50-47-44-41-38-35-32-29-27-25-23-20-17-14-11-8-5-2/h8,11,15,17-18,20-21,24-27,30-31,33,37,40,53H,4-7,9-10,12-14,16,19,22-23,28-29,32,34-36,38-39,41-52H2,1-3H3/b11-8-,18-15-,20-17-,26-24-,27-25-,31-30-,33-21-,40-37-. The zero-order valence-electron chi connectivity index (χ0n) is 40.1. The number of rotatable bonds is 44. The molecule has 1 unspecified atom stereocenters. The molecule has 62 heavy (non-hydrogen) atoms. The molecule has 0 bridgehead atoms. The van der Waals surface area contributed by atoms with Gasteiger partial charge in [0.1, 0.15) is 13.2 Å².